The van der Waals surface area contributed by atoms with Crippen molar-refractivity contribution in [1.82, 2.24) is 19.6 Å². The molecule has 0 fully saturated rings. The zero-order chi connectivity index (χ0) is 20.4. The van der Waals surface area contributed by atoms with Crippen LogP contribution in [0.4, 0.5) is 5.69 Å². The first kappa shape index (κ1) is 19.3. The van der Waals surface area contributed by atoms with E-state index in [1.165, 1.54) is 29.4 Å². The summed E-state index contributed by atoms with van der Waals surface area (Å²) in [5.41, 5.74) is 4.68. The molecule has 1 unspecified atom stereocenters. The minimum Gasteiger partial charge on any atom is -0.480 e. The van der Waals surface area contributed by atoms with Gasteiger partial charge < -0.3 is 10.4 Å². The van der Waals surface area contributed by atoms with E-state index in [2.05, 4.69) is 34.6 Å². The highest BCUT2D eigenvalue weighted by molar-refractivity contribution is 6.03. The molecule has 146 valence electrons. The Bertz CT molecular complexity index is 1030. The summed E-state index contributed by atoms with van der Waals surface area (Å²) in [6.07, 6.45) is 1.48. The van der Waals surface area contributed by atoms with Gasteiger partial charge in [-0.2, -0.15) is 10.2 Å². The topological polar surface area (TPSA) is 102 Å². The van der Waals surface area contributed by atoms with E-state index in [4.69, 9.17) is 5.11 Å². The summed E-state index contributed by atoms with van der Waals surface area (Å²) in [5.74, 6) is -1.42. The third-order valence-electron chi connectivity index (χ3n) is 4.80. The minimum atomic E-state index is -1.01. The van der Waals surface area contributed by atoms with Crippen molar-refractivity contribution in [2.45, 2.75) is 40.3 Å². The number of aryl methyl sites for hydroxylation is 2. The summed E-state index contributed by atoms with van der Waals surface area (Å²) in [6.45, 7) is 7.90. The van der Waals surface area contributed by atoms with Gasteiger partial charge in [0.2, 0.25) is 0 Å². The summed E-state index contributed by atoms with van der Waals surface area (Å²) in [4.78, 5) is 23.6. The molecule has 2 heterocycles. The molecule has 8 heteroatoms. The lowest BCUT2D eigenvalue weighted by atomic mass is 10.1. The van der Waals surface area contributed by atoms with Crippen molar-refractivity contribution in [2.24, 2.45) is 0 Å². The standard InChI is InChI=1S/C20H23N5O3/c1-12-7-5-6-8-16(12)11-25-14(3)18(13(2)22-25)21-19(26)17-9-10-24(23-17)15(4)20(27)28/h5-10,15H,11H2,1-4H3,(H,21,26)(H,27,28). The summed E-state index contributed by atoms with van der Waals surface area (Å²) in [7, 11) is 0. The zero-order valence-corrected chi connectivity index (χ0v) is 16.3. The normalized spacial score (nSPS) is 12.0. The van der Waals surface area contributed by atoms with Crippen molar-refractivity contribution >= 4 is 17.6 Å². The molecule has 3 aromatic rings. The van der Waals surface area contributed by atoms with Crippen LogP contribution in [0.1, 0.15) is 46.0 Å². The first-order valence-electron chi connectivity index (χ1n) is 8.95. The zero-order valence-electron chi connectivity index (χ0n) is 16.3. The van der Waals surface area contributed by atoms with Gasteiger partial charge in [0.05, 0.1) is 23.6 Å². The molecule has 1 atom stereocenters. The molecule has 0 aliphatic carbocycles. The van der Waals surface area contributed by atoms with Gasteiger partial charge in [-0.05, 0) is 44.9 Å². The van der Waals surface area contributed by atoms with Crippen molar-refractivity contribution in [3.05, 3.63) is 64.7 Å². The number of amides is 1. The van der Waals surface area contributed by atoms with Gasteiger partial charge in [-0.1, -0.05) is 24.3 Å². The first-order chi connectivity index (χ1) is 13.3. The van der Waals surface area contributed by atoms with Gasteiger partial charge in [-0.3, -0.25) is 14.2 Å². The maximum atomic E-state index is 12.6. The molecule has 2 N–H and O–H groups in total. The number of carbonyl (C=O) groups excluding carboxylic acids is 1. The van der Waals surface area contributed by atoms with Gasteiger partial charge in [-0.25, -0.2) is 4.79 Å². The summed E-state index contributed by atoms with van der Waals surface area (Å²) in [5, 5.41) is 20.5. The summed E-state index contributed by atoms with van der Waals surface area (Å²) >= 11 is 0. The van der Waals surface area contributed by atoms with Crippen molar-refractivity contribution in [3.8, 4) is 0 Å². The van der Waals surface area contributed by atoms with Gasteiger partial charge in [-0.15, -0.1) is 0 Å². The molecule has 0 aliphatic rings. The molecule has 0 saturated heterocycles. The van der Waals surface area contributed by atoms with Crippen LogP contribution >= 0.6 is 0 Å². The van der Waals surface area contributed by atoms with Crippen molar-refractivity contribution in [1.29, 1.82) is 0 Å². The fraction of sp³-hybridized carbons (Fsp3) is 0.300. The van der Waals surface area contributed by atoms with Gasteiger partial charge in [0.1, 0.15) is 6.04 Å². The Morgan fingerprint density at radius 2 is 1.86 bits per heavy atom. The highest BCUT2D eigenvalue weighted by Crippen LogP contribution is 2.22. The van der Waals surface area contributed by atoms with Crippen molar-refractivity contribution in [2.75, 3.05) is 5.32 Å². The second-order valence-corrected chi connectivity index (χ2v) is 6.78. The predicted molar refractivity (Wildman–Crippen MR) is 105 cm³/mol. The number of nitrogens with zero attached hydrogens (tertiary/aromatic N) is 4. The number of rotatable bonds is 6. The van der Waals surface area contributed by atoms with E-state index in [9.17, 15) is 9.59 Å². The smallest absolute Gasteiger partial charge is 0.328 e. The second-order valence-electron chi connectivity index (χ2n) is 6.78. The number of aromatic nitrogens is 4. The lowest BCUT2D eigenvalue weighted by molar-refractivity contribution is -0.140. The number of anilines is 1. The average Bonchev–Trinajstić information content (AvgIpc) is 3.24. The number of nitrogens with one attached hydrogen (secondary N) is 1. The third-order valence-corrected chi connectivity index (χ3v) is 4.80. The van der Waals surface area contributed by atoms with Crippen LogP contribution in [0, 0.1) is 20.8 Å². The number of hydrogen-bond acceptors (Lipinski definition) is 4. The Balaban J connectivity index is 1.79. The van der Waals surface area contributed by atoms with Crippen LogP contribution in [-0.4, -0.2) is 36.5 Å². The Morgan fingerprint density at radius 3 is 2.54 bits per heavy atom. The maximum Gasteiger partial charge on any atom is 0.328 e. The lowest BCUT2D eigenvalue weighted by Crippen LogP contribution is -2.18. The number of carboxylic acid groups (broad SMARTS) is 1. The van der Waals surface area contributed by atoms with E-state index >= 15 is 0 Å². The van der Waals surface area contributed by atoms with Crippen LogP contribution in [0.3, 0.4) is 0 Å². The van der Waals surface area contributed by atoms with Crippen LogP contribution in [-0.2, 0) is 11.3 Å². The largest absolute Gasteiger partial charge is 0.480 e. The molecule has 28 heavy (non-hydrogen) atoms. The monoisotopic (exact) mass is 381 g/mol. The van der Waals surface area contributed by atoms with Gasteiger partial charge >= 0.3 is 5.97 Å². The predicted octanol–water partition coefficient (Wildman–Crippen LogP) is 2.95. The van der Waals surface area contributed by atoms with Crippen molar-refractivity contribution < 1.29 is 14.7 Å². The third kappa shape index (κ3) is 3.80. The Labute approximate surface area is 162 Å². The Hall–Kier alpha value is -3.42. The minimum absolute atomic E-state index is 0.151. The SMILES string of the molecule is Cc1ccccc1Cn1nc(C)c(NC(=O)c2ccn(C(C)C(=O)O)n2)c1C. The van der Waals surface area contributed by atoms with Crippen LogP contribution in [0.5, 0.6) is 0 Å². The Kier molecular flexibility index (Phi) is 5.30. The number of carboxylic acids is 1. The van der Waals surface area contributed by atoms with Crippen LogP contribution in [0.15, 0.2) is 36.5 Å². The van der Waals surface area contributed by atoms with E-state index in [1.807, 2.05) is 30.7 Å². The molecule has 2 aromatic heterocycles. The number of benzene rings is 1. The van der Waals surface area contributed by atoms with Gasteiger partial charge in [0.25, 0.3) is 5.91 Å². The fourth-order valence-electron chi connectivity index (χ4n) is 2.95. The molecule has 0 bridgehead atoms. The summed E-state index contributed by atoms with van der Waals surface area (Å²) < 4.78 is 3.11. The first-order valence-corrected chi connectivity index (χ1v) is 8.95. The molecule has 0 spiro atoms. The van der Waals surface area contributed by atoms with Crippen LogP contribution in [0.25, 0.3) is 0 Å². The quantitative estimate of drug-likeness (QED) is 0.683. The van der Waals surface area contributed by atoms with E-state index in [-0.39, 0.29) is 5.69 Å². The number of aliphatic carboxylic acids is 1. The highest BCUT2D eigenvalue weighted by Gasteiger charge is 2.19. The van der Waals surface area contributed by atoms with Crippen LogP contribution < -0.4 is 5.32 Å². The van der Waals surface area contributed by atoms with Crippen LogP contribution in [0.2, 0.25) is 0 Å². The lowest BCUT2D eigenvalue weighted by Gasteiger charge is -2.09. The molecule has 1 aromatic carbocycles. The fourth-order valence-corrected chi connectivity index (χ4v) is 2.95. The maximum absolute atomic E-state index is 12.6. The molecule has 0 aliphatic heterocycles. The molecule has 0 saturated carbocycles. The Morgan fingerprint density at radius 1 is 1.14 bits per heavy atom. The molecule has 8 nitrogen and oxygen atoms in total. The van der Waals surface area contributed by atoms with E-state index < -0.39 is 17.9 Å². The second kappa shape index (κ2) is 7.67. The average molecular weight is 381 g/mol. The van der Waals surface area contributed by atoms with Gasteiger partial charge in [0.15, 0.2) is 5.69 Å². The molecular formula is C20H23N5O3. The summed E-state index contributed by atoms with van der Waals surface area (Å²) in [6, 6.07) is 8.75. The number of carbonyl (C=O) groups is 2. The molecule has 1 amide bonds. The van der Waals surface area contributed by atoms with E-state index in [1.54, 1.807) is 0 Å². The number of hydrogen-bond donors (Lipinski definition) is 2. The van der Waals surface area contributed by atoms with E-state index in [0.29, 0.717) is 17.9 Å². The molecule has 0 radical (unpaired) electrons. The van der Waals surface area contributed by atoms with Crippen molar-refractivity contribution in [3.63, 3.8) is 0 Å². The van der Waals surface area contributed by atoms with E-state index in [0.717, 1.165) is 11.3 Å². The molecule has 3 rings (SSSR count). The highest BCUT2D eigenvalue weighted by atomic mass is 16.4. The van der Waals surface area contributed by atoms with Gasteiger partial charge in [0, 0.05) is 6.20 Å². The molecular weight excluding hydrogens is 358 g/mol.